The van der Waals surface area contributed by atoms with Gasteiger partial charge < -0.3 is 5.32 Å². The molecule has 0 unspecified atom stereocenters. The average Bonchev–Trinajstić information content (AvgIpc) is 3.13. The summed E-state index contributed by atoms with van der Waals surface area (Å²) in [6.07, 6.45) is 0. The Morgan fingerprint density at radius 3 is 2.06 bits per heavy atom. The number of carbonyl (C=O) groups excluding carboxylic acids is 3. The molecule has 0 aliphatic carbocycles. The number of nitrogens with one attached hydrogen (secondary N) is 3. The van der Waals surface area contributed by atoms with Crippen molar-refractivity contribution >= 4 is 84.0 Å². The molecule has 0 spiro atoms. The number of benzene rings is 3. The van der Waals surface area contributed by atoms with Crippen LogP contribution in [0.3, 0.4) is 0 Å². The van der Waals surface area contributed by atoms with Crippen LogP contribution in [0.5, 0.6) is 0 Å². The van der Waals surface area contributed by atoms with Gasteiger partial charge in [-0.05, 0) is 60.7 Å². The highest BCUT2D eigenvalue weighted by atomic mass is 79.9. The van der Waals surface area contributed by atoms with Gasteiger partial charge in [-0.3, -0.25) is 25.2 Å². The molecule has 6 nitrogen and oxygen atoms in total. The second-order valence-corrected chi connectivity index (χ2v) is 9.61. The molecule has 0 saturated heterocycles. The first-order valence-corrected chi connectivity index (χ1v) is 11.8. The molecule has 4 aromatic rings. The minimum atomic E-state index is -0.516. The van der Waals surface area contributed by atoms with Gasteiger partial charge in [0, 0.05) is 36.4 Å². The Balaban J connectivity index is 1.37. The van der Waals surface area contributed by atoms with Gasteiger partial charge >= 0.3 is 0 Å². The lowest BCUT2D eigenvalue weighted by Gasteiger charge is -2.08. The van der Waals surface area contributed by atoms with E-state index in [4.69, 9.17) is 23.2 Å². The van der Waals surface area contributed by atoms with Gasteiger partial charge in [0.25, 0.3) is 17.7 Å². The van der Waals surface area contributed by atoms with E-state index in [0.29, 0.717) is 31.7 Å². The lowest BCUT2D eigenvalue weighted by Crippen LogP contribution is -2.41. The van der Waals surface area contributed by atoms with E-state index in [1.165, 1.54) is 23.5 Å². The van der Waals surface area contributed by atoms with E-state index < -0.39 is 11.8 Å². The van der Waals surface area contributed by atoms with Crippen LogP contribution in [0.15, 0.2) is 71.2 Å². The van der Waals surface area contributed by atoms with Gasteiger partial charge in [-0.15, -0.1) is 11.3 Å². The SMILES string of the molecule is O=C(NNC(=O)c1sc2cc(Br)ccc2c1Cl)c1ccc(NC(=O)c2ccc(Cl)cc2)cc1. The Morgan fingerprint density at radius 2 is 1.36 bits per heavy atom. The van der Waals surface area contributed by atoms with Gasteiger partial charge in [0.15, 0.2) is 0 Å². The van der Waals surface area contributed by atoms with Crippen molar-refractivity contribution in [3.05, 3.63) is 97.3 Å². The molecule has 166 valence electrons. The summed E-state index contributed by atoms with van der Waals surface area (Å²) >= 11 is 16.8. The monoisotopic (exact) mass is 561 g/mol. The Bertz CT molecular complexity index is 1370. The van der Waals surface area contributed by atoms with Crippen LogP contribution in [-0.4, -0.2) is 17.7 Å². The van der Waals surface area contributed by atoms with Gasteiger partial charge in [-0.25, -0.2) is 0 Å². The minimum absolute atomic E-state index is 0.297. The molecule has 0 atom stereocenters. The molecule has 4 rings (SSSR count). The summed E-state index contributed by atoms with van der Waals surface area (Å²) in [7, 11) is 0. The third-order valence-corrected chi connectivity index (χ3v) is 7.00. The number of carbonyl (C=O) groups is 3. The smallest absolute Gasteiger partial charge is 0.281 e. The number of fused-ring (bicyclic) bond motifs is 1. The molecule has 0 aliphatic heterocycles. The lowest BCUT2D eigenvalue weighted by molar-refractivity contribution is 0.0849. The maximum absolute atomic E-state index is 12.5. The second-order valence-electron chi connectivity index (χ2n) is 6.83. The van der Waals surface area contributed by atoms with Gasteiger partial charge in [0.2, 0.25) is 0 Å². The van der Waals surface area contributed by atoms with Crippen LogP contribution >= 0.6 is 50.5 Å². The van der Waals surface area contributed by atoms with E-state index in [9.17, 15) is 14.4 Å². The molecule has 3 aromatic carbocycles. The highest BCUT2D eigenvalue weighted by Gasteiger charge is 2.18. The normalized spacial score (nSPS) is 10.6. The summed E-state index contributed by atoms with van der Waals surface area (Å²) in [5.41, 5.74) is 6.02. The number of hydrazine groups is 1. The first-order chi connectivity index (χ1) is 15.8. The van der Waals surface area contributed by atoms with Crippen molar-refractivity contribution in [3.8, 4) is 0 Å². The number of rotatable bonds is 4. The average molecular weight is 563 g/mol. The topological polar surface area (TPSA) is 87.3 Å². The van der Waals surface area contributed by atoms with Crippen molar-refractivity contribution in [2.75, 3.05) is 5.32 Å². The van der Waals surface area contributed by atoms with Gasteiger partial charge in [0.1, 0.15) is 4.88 Å². The van der Waals surface area contributed by atoms with E-state index in [1.807, 2.05) is 18.2 Å². The molecule has 0 saturated carbocycles. The standard InChI is InChI=1S/C23H14BrCl2N3O3S/c24-14-5-10-17-18(11-14)33-20(19(17)26)23(32)29-28-22(31)13-3-8-16(9-4-13)27-21(30)12-1-6-15(25)7-2-12/h1-11H,(H,27,30)(H,28,31)(H,29,32). The molecule has 3 N–H and O–H groups in total. The van der Waals surface area contributed by atoms with Crippen LogP contribution in [0.2, 0.25) is 10.0 Å². The van der Waals surface area contributed by atoms with E-state index >= 15 is 0 Å². The predicted molar refractivity (Wildman–Crippen MR) is 135 cm³/mol. The maximum atomic E-state index is 12.5. The zero-order valence-corrected chi connectivity index (χ0v) is 20.5. The number of hydrogen-bond acceptors (Lipinski definition) is 4. The van der Waals surface area contributed by atoms with E-state index in [-0.39, 0.29) is 5.91 Å². The molecule has 10 heteroatoms. The number of hydrogen-bond donors (Lipinski definition) is 3. The van der Waals surface area contributed by atoms with Crippen LogP contribution in [-0.2, 0) is 0 Å². The Labute approximate surface area is 211 Å². The zero-order valence-electron chi connectivity index (χ0n) is 16.6. The molecule has 0 bridgehead atoms. The molecule has 1 heterocycles. The van der Waals surface area contributed by atoms with Crippen LogP contribution < -0.4 is 16.2 Å². The molecule has 0 fully saturated rings. The van der Waals surface area contributed by atoms with Crippen molar-refractivity contribution < 1.29 is 14.4 Å². The Hall–Kier alpha value is -2.91. The predicted octanol–water partition coefficient (Wildman–Crippen LogP) is 6.30. The van der Waals surface area contributed by atoms with Gasteiger partial charge in [-0.1, -0.05) is 45.2 Å². The Morgan fingerprint density at radius 1 is 0.758 bits per heavy atom. The first-order valence-electron chi connectivity index (χ1n) is 9.47. The summed E-state index contributed by atoms with van der Waals surface area (Å²) in [6.45, 7) is 0. The largest absolute Gasteiger partial charge is 0.322 e. The maximum Gasteiger partial charge on any atom is 0.281 e. The molecule has 0 aliphatic rings. The quantitative estimate of drug-likeness (QED) is 0.255. The minimum Gasteiger partial charge on any atom is -0.322 e. The lowest BCUT2D eigenvalue weighted by atomic mass is 10.1. The number of halogens is 3. The fourth-order valence-corrected chi connectivity index (χ4v) is 5.03. The van der Waals surface area contributed by atoms with Crippen molar-refractivity contribution in [1.29, 1.82) is 0 Å². The van der Waals surface area contributed by atoms with E-state index in [1.54, 1.807) is 36.4 Å². The number of amides is 3. The van der Waals surface area contributed by atoms with Crippen molar-refractivity contribution in [2.45, 2.75) is 0 Å². The molecular weight excluding hydrogens is 549 g/mol. The highest BCUT2D eigenvalue weighted by molar-refractivity contribution is 9.10. The number of anilines is 1. The molecule has 3 amide bonds. The summed E-state index contributed by atoms with van der Waals surface area (Å²) in [4.78, 5) is 37.5. The van der Waals surface area contributed by atoms with E-state index in [2.05, 4.69) is 32.1 Å². The van der Waals surface area contributed by atoms with Crippen molar-refractivity contribution in [3.63, 3.8) is 0 Å². The van der Waals surface area contributed by atoms with Crippen LogP contribution in [0, 0.1) is 0 Å². The zero-order chi connectivity index (χ0) is 23.5. The van der Waals surface area contributed by atoms with Crippen molar-refractivity contribution in [1.82, 2.24) is 10.9 Å². The Kier molecular flexibility index (Phi) is 6.99. The van der Waals surface area contributed by atoms with Crippen LogP contribution in [0.25, 0.3) is 10.1 Å². The summed E-state index contributed by atoms with van der Waals surface area (Å²) in [5.74, 6) is -1.33. The summed E-state index contributed by atoms with van der Waals surface area (Å²) < 4.78 is 1.73. The molecule has 0 radical (unpaired) electrons. The second kappa shape index (κ2) is 9.93. The van der Waals surface area contributed by atoms with Crippen LogP contribution in [0.4, 0.5) is 5.69 Å². The third-order valence-electron chi connectivity index (χ3n) is 4.60. The van der Waals surface area contributed by atoms with E-state index in [0.717, 1.165) is 14.6 Å². The van der Waals surface area contributed by atoms with Gasteiger partial charge in [-0.2, -0.15) is 0 Å². The first kappa shape index (κ1) is 23.3. The van der Waals surface area contributed by atoms with Crippen molar-refractivity contribution in [2.24, 2.45) is 0 Å². The molecule has 33 heavy (non-hydrogen) atoms. The fourth-order valence-electron chi connectivity index (χ4n) is 2.94. The molecule has 1 aromatic heterocycles. The third kappa shape index (κ3) is 5.36. The number of thiophene rings is 1. The molecular formula is C23H14BrCl2N3O3S. The summed E-state index contributed by atoms with van der Waals surface area (Å²) in [6, 6.07) is 18.3. The fraction of sp³-hybridized carbons (Fsp3) is 0. The highest BCUT2D eigenvalue weighted by Crippen LogP contribution is 2.36. The summed E-state index contributed by atoms with van der Waals surface area (Å²) in [5, 5.41) is 4.37. The van der Waals surface area contributed by atoms with Crippen LogP contribution in [0.1, 0.15) is 30.4 Å². The van der Waals surface area contributed by atoms with Gasteiger partial charge in [0.05, 0.1) is 5.02 Å².